The Balaban J connectivity index is 2.00. The van der Waals surface area contributed by atoms with Crippen molar-refractivity contribution >= 4 is 10.2 Å². The second-order valence-corrected chi connectivity index (χ2v) is 6.80. The van der Waals surface area contributed by atoms with Crippen LogP contribution in [0.15, 0.2) is 0 Å². The first-order chi connectivity index (χ1) is 8.14. The lowest BCUT2D eigenvalue weighted by atomic mass is 10.1. The van der Waals surface area contributed by atoms with Crippen molar-refractivity contribution in [2.45, 2.75) is 38.6 Å². The molecule has 2 aliphatic heterocycles. The number of likely N-dealkylation sites (N-methyl/N-ethyl adjacent to an activating group) is 1. The van der Waals surface area contributed by atoms with Crippen LogP contribution in [-0.2, 0) is 10.2 Å². The average Bonchev–Trinajstić information content (AvgIpc) is 2.84. The molecule has 1 unspecified atom stereocenters. The van der Waals surface area contributed by atoms with Gasteiger partial charge in [0.05, 0.1) is 0 Å². The third-order valence-corrected chi connectivity index (χ3v) is 5.60. The van der Waals surface area contributed by atoms with E-state index in [0.29, 0.717) is 32.2 Å². The zero-order chi connectivity index (χ0) is 12.3. The third kappa shape index (κ3) is 2.99. The normalized spacial score (nSPS) is 28.6. The van der Waals surface area contributed by atoms with Gasteiger partial charge in [-0.1, -0.05) is 6.92 Å². The molecule has 0 aromatic heterocycles. The molecule has 2 saturated heterocycles. The first-order valence-corrected chi connectivity index (χ1v) is 8.03. The van der Waals surface area contributed by atoms with Gasteiger partial charge in [-0.05, 0) is 32.2 Å². The molecule has 2 aliphatic rings. The van der Waals surface area contributed by atoms with Crippen LogP contribution in [0.3, 0.4) is 0 Å². The van der Waals surface area contributed by atoms with E-state index in [1.807, 2.05) is 0 Å². The molecule has 1 N–H and O–H groups in total. The number of hydrogen-bond donors (Lipinski definition) is 1. The second-order valence-electron chi connectivity index (χ2n) is 4.87. The number of nitrogens with one attached hydrogen (secondary N) is 1. The Kier molecular flexibility index (Phi) is 4.41. The summed E-state index contributed by atoms with van der Waals surface area (Å²) in [5.41, 5.74) is 0. The van der Waals surface area contributed by atoms with E-state index < -0.39 is 10.2 Å². The summed E-state index contributed by atoms with van der Waals surface area (Å²) in [5, 5.41) is 3.35. The molecule has 2 rings (SSSR count). The van der Waals surface area contributed by atoms with Gasteiger partial charge in [0.25, 0.3) is 10.2 Å². The van der Waals surface area contributed by atoms with Gasteiger partial charge in [-0.15, -0.1) is 0 Å². The van der Waals surface area contributed by atoms with Crippen LogP contribution in [0.5, 0.6) is 0 Å². The molecule has 5 nitrogen and oxygen atoms in total. The van der Waals surface area contributed by atoms with Crippen molar-refractivity contribution in [3.63, 3.8) is 0 Å². The lowest BCUT2D eigenvalue weighted by Crippen LogP contribution is -2.51. The van der Waals surface area contributed by atoms with Gasteiger partial charge in [-0.25, -0.2) is 0 Å². The minimum Gasteiger partial charge on any atom is -0.313 e. The quantitative estimate of drug-likeness (QED) is 0.797. The van der Waals surface area contributed by atoms with Crippen LogP contribution in [-0.4, -0.2) is 55.8 Å². The molecule has 0 amide bonds. The van der Waals surface area contributed by atoms with Gasteiger partial charge in [-0.2, -0.15) is 17.0 Å². The van der Waals surface area contributed by atoms with Gasteiger partial charge >= 0.3 is 0 Å². The summed E-state index contributed by atoms with van der Waals surface area (Å²) in [6, 6.07) is 0.325. The fraction of sp³-hybridized carbons (Fsp3) is 1.00. The predicted octanol–water partition coefficient (Wildman–Crippen LogP) is 0.401. The molecule has 0 radical (unpaired) electrons. The monoisotopic (exact) mass is 261 g/mol. The lowest BCUT2D eigenvalue weighted by Gasteiger charge is -2.34. The number of piperidine rings is 1. The van der Waals surface area contributed by atoms with Crippen LogP contribution in [0.4, 0.5) is 0 Å². The molecule has 0 aromatic carbocycles. The van der Waals surface area contributed by atoms with E-state index in [4.69, 9.17) is 0 Å². The Morgan fingerprint density at radius 2 is 1.76 bits per heavy atom. The van der Waals surface area contributed by atoms with Crippen LogP contribution in [0.25, 0.3) is 0 Å². The maximum absolute atomic E-state index is 12.4. The Hall–Kier alpha value is -0.170. The predicted molar refractivity (Wildman–Crippen MR) is 68.0 cm³/mol. The summed E-state index contributed by atoms with van der Waals surface area (Å²) in [6.07, 6.45) is 4.05. The fourth-order valence-corrected chi connectivity index (χ4v) is 4.46. The highest BCUT2D eigenvalue weighted by Gasteiger charge is 2.34. The zero-order valence-electron chi connectivity index (χ0n) is 10.6. The Bertz CT molecular complexity index is 337. The van der Waals surface area contributed by atoms with E-state index in [-0.39, 0.29) is 0 Å². The zero-order valence-corrected chi connectivity index (χ0v) is 11.4. The minimum atomic E-state index is -3.19. The smallest absolute Gasteiger partial charge is 0.282 e. The van der Waals surface area contributed by atoms with E-state index in [2.05, 4.69) is 12.2 Å². The van der Waals surface area contributed by atoms with Crippen molar-refractivity contribution in [1.82, 2.24) is 13.9 Å². The van der Waals surface area contributed by atoms with E-state index in [1.54, 1.807) is 8.61 Å². The highest BCUT2D eigenvalue weighted by Crippen LogP contribution is 2.20. The SMILES string of the molecule is CCNC1CCCN(S(=O)(=O)N2CCCC2)C1. The van der Waals surface area contributed by atoms with Crippen molar-refractivity contribution < 1.29 is 8.42 Å². The van der Waals surface area contributed by atoms with Crippen LogP contribution >= 0.6 is 0 Å². The number of rotatable bonds is 4. The second kappa shape index (κ2) is 5.65. The molecule has 6 heteroatoms. The lowest BCUT2D eigenvalue weighted by molar-refractivity contribution is 0.269. The van der Waals surface area contributed by atoms with E-state index in [0.717, 1.165) is 32.2 Å². The van der Waals surface area contributed by atoms with Gasteiger partial charge in [0.2, 0.25) is 0 Å². The summed E-state index contributed by atoms with van der Waals surface area (Å²) in [7, 11) is -3.19. The van der Waals surface area contributed by atoms with Crippen molar-refractivity contribution in [3.05, 3.63) is 0 Å². The highest BCUT2D eigenvalue weighted by molar-refractivity contribution is 7.86. The summed E-state index contributed by atoms with van der Waals surface area (Å²) >= 11 is 0. The number of nitrogens with zero attached hydrogens (tertiary/aromatic N) is 2. The van der Waals surface area contributed by atoms with Gasteiger partial charge in [0, 0.05) is 32.2 Å². The van der Waals surface area contributed by atoms with E-state index in [1.165, 1.54) is 0 Å². The number of hydrogen-bond acceptors (Lipinski definition) is 3. The van der Waals surface area contributed by atoms with Crippen molar-refractivity contribution in [1.29, 1.82) is 0 Å². The van der Waals surface area contributed by atoms with Crippen molar-refractivity contribution in [3.8, 4) is 0 Å². The van der Waals surface area contributed by atoms with E-state index >= 15 is 0 Å². The Morgan fingerprint density at radius 3 is 2.41 bits per heavy atom. The third-order valence-electron chi connectivity index (χ3n) is 3.59. The molecule has 1 atom stereocenters. The van der Waals surface area contributed by atoms with Crippen LogP contribution in [0, 0.1) is 0 Å². The summed E-state index contributed by atoms with van der Waals surface area (Å²) in [6.45, 7) is 5.68. The molecular formula is C11H23N3O2S. The van der Waals surface area contributed by atoms with Crippen LogP contribution in [0.1, 0.15) is 32.6 Å². The molecule has 100 valence electrons. The van der Waals surface area contributed by atoms with Crippen LogP contribution in [0.2, 0.25) is 0 Å². The van der Waals surface area contributed by atoms with Gasteiger partial charge in [-0.3, -0.25) is 0 Å². The highest BCUT2D eigenvalue weighted by atomic mass is 32.2. The largest absolute Gasteiger partial charge is 0.313 e. The molecular weight excluding hydrogens is 238 g/mol. The molecule has 0 spiro atoms. The molecule has 2 fully saturated rings. The summed E-state index contributed by atoms with van der Waals surface area (Å²) < 4.78 is 28.0. The first kappa shape index (κ1) is 13.3. The maximum Gasteiger partial charge on any atom is 0.282 e. The molecule has 2 heterocycles. The first-order valence-electron chi connectivity index (χ1n) is 6.63. The minimum absolute atomic E-state index is 0.325. The summed E-state index contributed by atoms with van der Waals surface area (Å²) in [4.78, 5) is 0. The maximum atomic E-state index is 12.4. The Labute approximate surface area is 104 Å². The molecule has 0 bridgehead atoms. The van der Waals surface area contributed by atoms with E-state index in [9.17, 15) is 8.42 Å². The molecule has 0 aliphatic carbocycles. The Morgan fingerprint density at radius 1 is 1.12 bits per heavy atom. The summed E-state index contributed by atoms with van der Waals surface area (Å²) in [5.74, 6) is 0. The van der Waals surface area contributed by atoms with Crippen molar-refractivity contribution in [2.24, 2.45) is 0 Å². The average molecular weight is 261 g/mol. The standard InChI is InChI=1S/C11H23N3O2S/c1-2-12-11-6-5-9-14(10-11)17(15,16)13-7-3-4-8-13/h11-12H,2-10H2,1H3. The fourth-order valence-electron chi connectivity index (χ4n) is 2.69. The van der Waals surface area contributed by atoms with Crippen LogP contribution < -0.4 is 5.32 Å². The van der Waals surface area contributed by atoms with Gasteiger partial charge in [0.1, 0.15) is 0 Å². The van der Waals surface area contributed by atoms with Gasteiger partial charge < -0.3 is 5.32 Å². The van der Waals surface area contributed by atoms with Gasteiger partial charge in [0.15, 0.2) is 0 Å². The van der Waals surface area contributed by atoms with Crippen molar-refractivity contribution in [2.75, 3.05) is 32.7 Å². The molecule has 17 heavy (non-hydrogen) atoms. The molecule has 0 aromatic rings. The topological polar surface area (TPSA) is 52.7 Å². The molecule has 0 saturated carbocycles.